The molecule has 0 atom stereocenters. The third kappa shape index (κ3) is 2.86. The van der Waals surface area contributed by atoms with E-state index in [9.17, 15) is 9.59 Å². The summed E-state index contributed by atoms with van der Waals surface area (Å²) in [5, 5.41) is 9.87. The zero-order chi connectivity index (χ0) is 14.2. The Morgan fingerprint density at radius 3 is 2.79 bits per heavy atom. The number of carbonyl (C=O) groups is 1. The minimum atomic E-state index is -0.985. The molecule has 0 saturated carbocycles. The second kappa shape index (κ2) is 5.40. The van der Waals surface area contributed by atoms with Gasteiger partial charge in [0.1, 0.15) is 0 Å². The van der Waals surface area contributed by atoms with E-state index >= 15 is 0 Å². The number of aromatic nitrogens is 2. The van der Waals surface area contributed by atoms with Gasteiger partial charge < -0.3 is 5.11 Å². The lowest BCUT2D eigenvalue weighted by molar-refractivity contribution is -0.133. The smallest absolute Gasteiger partial charge is 0.313 e. The van der Waals surface area contributed by atoms with Crippen molar-refractivity contribution in [3.05, 3.63) is 32.5 Å². The largest absolute Gasteiger partial charge is 0.481 e. The van der Waals surface area contributed by atoms with Crippen LogP contribution in [-0.4, -0.2) is 26.4 Å². The number of aliphatic carboxylic acids is 1. The van der Waals surface area contributed by atoms with Gasteiger partial charge in [0.15, 0.2) is 5.16 Å². The Balaban J connectivity index is 2.66. The van der Waals surface area contributed by atoms with Crippen LogP contribution >= 0.6 is 35.0 Å². The van der Waals surface area contributed by atoms with Crippen molar-refractivity contribution in [3.63, 3.8) is 0 Å². The molecule has 1 N–H and O–H groups in total. The van der Waals surface area contributed by atoms with Crippen LogP contribution in [0, 0.1) is 0 Å². The lowest BCUT2D eigenvalue weighted by Gasteiger charge is -2.08. The predicted octanol–water partition coefficient (Wildman–Crippen LogP) is 2.42. The molecule has 0 saturated heterocycles. The molecule has 0 spiro atoms. The van der Waals surface area contributed by atoms with Crippen molar-refractivity contribution < 1.29 is 9.90 Å². The van der Waals surface area contributed by atoms with Crippen molar-refractivity contribution in [2.24, 2.45) is 7.05 Å². The Morgan fingerprint density at radius 1 is 1.47 bits per heavy atom. The Morgan fingerprint density at radius 2 is 2.16 bits per heavy atom. The summed E-state index contributed by atoms with van der Waals surface area (Å²) < 4.78 is 1.28. The standard InChI is InChI=1S/C11H8Cl2N2O3S/c1-15-10(18)6-2-5(12)3-7(13)9(6)14-11(15)19-4-8(16)17/h2-3H,4H2,1H3,(H,16,17). The van der Waals surface area contributed by atoms with E-state index in [2.05, 4.69) is 4.98 Å². The summed E-state index contributed by atoms with van der Waals surface area (Å²) in [4.78, 5) is 26.9. The first-order valence-corrected chi connectivity index (χ1v) is 6.84. The number of carboxylic acid groups (broad SMARTS) is 1. The van der Waals surface area contributed by atoms with Crippen LogP contribution in [0.2, 0.25) is 10.0 Å². The molecule has 0 fully saturated rings. The molecule has 19 heavy (non-hydrogen) atoms. The molecule has 0 aliphatic rings. The summed E-state index contributed by atoms with van der Waals surface area (Å²) in [5.74, 6) is -1.17. The minimum absolute atomic E-state index is 0.184. The van der Waals surface area contributed by atoms with Gasteiger partial charge >= 0.3 is 5.97 Å². The third-order valence-electron chi connectivity index (χ3n) is 2.38. The maximum Gasteiger partial charge on any atom is 0.313 e. The van der Waals surface area contributed by atoms with E-state index < -0.39 is 5.97 Å². The molecule has 0 aliphatic heterocycles. The summed E-state index contributed by atoms with van der Waals surface area (Å²) in [7, 11) is 1.52. The number of fused-ring (bicyclic) bond motifs is 1. The molecule has 0 amide bonds. The van der Waals surface area contributed by atoms with Gasteiger partial charge in [-0.2, -0.15) is 0 Å². The fourth-order valence-corrected chi connectivity index (χ4v) is 2.76. The molecule has 0 unspecified atom stereocenters. The number of thioether (sulfide) groups is 1. The highest BCUT2D eigenvalue weighted by Crippen LogP contribution is 2.26. The van der Waals surface area contributed by atoms with Gasteiger partial charge in [-0.15, -0.1) is 0 Å². The molecule has 1 aromatic carbocycles. The van der Waals surface area contributed by atoms with Crippen LogP contribution in [0.3, 0.4) is 0 Å². The number of halogens is 2. The maximum atomic E-state index is 12.1. The molecule has 8 heteroatoms. The number of hydrogen-bond acceptors (Lipinski definition) is 4. The fraction of sp³-hybridized carbons (Fsp3) is 0.182. The van der Waals surface area contributed by atoms with Gasteiger partial charge in [0.2, 0.25) is 0 Å². The second-order valence-corrected chi connectivity index (χ2v) is 5.51. The zero-order valence-electron chi connectivity index (χ0n) is 9.68. The number of hydrogen-bond donors (Lipinski definition) is 1. The van der Waals surface area contributed by atoms with E-state index in [1.54, 1.807) is 0 Å². The molecule has 100 valence electrons. The fourth-order valence-electron chi connectivity index (χ4n) is 1.54. The molecule has 0 radical (unpaired) electrons. The number of rotatable bonds is 3. The predicted molar refractivity (Wildman–Crippen MR) is 75.4 cm³/mol. The summed E-state index contributed by atoms with van der Waals surface area (Å²) in [6.07, 6.45) is 0. The monoisotopic (exact) mass is 318 g/mol. The van der Waals surface area contributed by atoms with Crippen molar-refractivity contribution in [1.82, 2.24) is 9.55 Å². The highest BCUT2D eigenvalue weighted by molar-refractivity contribution is 7.99. The Labute approximate surface area is 122 Å². The van der Waals surface area contributed by atoms with Crippen molar-refractivity contribution in [1.29, 1.82) is 0 Å². The molecular formula is C11H8Cl2N2O3S. The van der Waals surface area contributed by atoms with Crippen molar-refractivity contribution in [3.8, 4) is 0 Å². The summed E-state index contributed by atoms with van der Waals surface area (Å²) in [6, 6.07) is 2.98. The molecular weight excluding hydrogens is 311 g/mol. The molecule has 5 nitrogen and oxygen atoms in total. The summed E-state index contributed by atoms with van der Waals surface area (Å²) in [6.45, 7) is 0. The average Bonchev–Trinajstić information content (AvgIpc) is 2.32. The third-order valence-corrected chi connectivity index (χ3v) is 3.90. The number of nitrogens with zero attached hydrogens (tertiary/aromatic N) is 2. The van der Waals surface area contributed by atoms with Gasteiger partial charge in [0.25, 0.3) is 5.56 Å². The second-order valence-electron chi connectivity index (χ2n) is 3.72. The van der Waals surface area contributed by atoms with E-state index in [4.69, 9.17) is 28.3 Å². The maximum absolute atomic E-state index is 12.1. The Kier molecular flexibility index (Phi) is 4.03. The van der Waals surface area contributed by atoms with Gasteiger partial charge in [-0.25, -0.2) is 4.98 Å². The lowest BCUT2D eigenvalue weighted by atomic mass is 10.2. The molecule has 2 rings (SSSR count). The highest BCUT2D eigenvalue weighted by Gasteiger charge is 2.13. The normalized spacial score (nSPS) is 10.9. The number of carboxylic acids is 1. The minimum Gasteiger partial charge on any atom is -0.481 e. The topological polar surface area (TPSA) is 72.2 Å². The molecule has 1 aromatic heterocycles. The van der Waals surface area contributed by atoms with Crippen molar-refractivity contribution in [2.75, 3.05) is 5.75 Å². The van der Waals surface area contributed by atoms with Crippen LogP contribution in [0.25, 0.3) is 10.9 Å². The van der Waals surface area contributed by atoms with Crippen molar-refractivity contribution in [2.45, 2.75) is 5.16 Å². The van der Waals surface area contributed by atoms with Gasteiger partial charge in [0.05, 0.1) is 21.7 Å². The lowest BCUT2D eigenvalue weighted by Crippen LogP contribution is -2.20. The van der Waals surface area contributed by atoms with Crippen LogP contribution < -0.4 is 5.56 Å². The first kappa shape index (κ1) is 14.2. The van der Waals surface area contributed by atoms with E-state index in [0.29, 0.717) is 21.1 Å². The van der Waals surface area contributed by atoms with Gasteiger partial charge in [-0.05, 0) is 12.1 Å². The summed E-state index contributed by atoms with van der Waals surface area (Å²) >= 11 is 12.8. The van der Waals surface area contributed by atoms with Crippen LogP contribution in [0.5, 0.6) is 0 Å². The molecule has 0 aliphatic carbocycles. The highest BCUT2D eigenvalue weighted by atomic mass is 35.5. The first-order valence-electron chi connectivity index (χ1n) is 5.10. The molecule has 1 heterocycles. The van der Waals surface area contributed by atoms with Gasteiger partial charge in [0, 0.05) is 12.1 Å². The molecule has 2 aromatic rings. The summed E-state index contributed by atoms with van der Waals surface area (Å²) in [5.41, 5.74) is 0.00402. The van der Waals surface area contributed by atoms with E-state index in [-0.39, 0.29) is 16.3 Å². The first-order chi connectivity index (χ1) is 8.90. The van der Waals surface area contributed by atoms with Crippen LogP contribution in [-0.2, 0) is 11.8 Å². The van der Waals surface area contributed by atoms with Crippen molar-refractivity contribution >= 4 is 51.8 Å². The zero-order valence-corrected chi connectivity index (χ0v) is 12.0. The SMILES string of the molecule is Cn1c(SCC(=O)O)nc2c(Cl)cc(Cl)cc2c1=O. The van der Waals surface area contributed by atoms with Gasteiger partial charge in [-0.1, -0.05) is 35.0 Å². The van der Waals surface area contributed by atoms with Crippen LogP contribution in [0.15, 0.2) is 22.1 Å². The van der Waals surface area contributed by atoms with Crippen LogP contribution in [0.4, 0.5) is 0 Å². The quantitative estimate of drug-likeness (QED) is 0.695. The Bertz CT molecular complexity index is 730. The van der Waals surface area contributed by atoms with Gasteiger partial charge in [-0.3, -0.25) is 14.2 Å². The van der Waals surface area contributed by atoms with E-state index in [0.717, 1.165) is 11.8 Å². The van der Waals surface area contributed by atoms with E-state index in [1.807, 2.05) is 0 Å². The molecule has 0 bridgehead atoms. The average molecular weight is 319 g/mol. The van der Waals surface area contributed by atoms with E-state index in [1.165, 1.54) is 23.7 Å². The number of benzene rings is 1. The Hall–Kier alpha value is -1.24. The van der Waals surface area contributed by atoms with Crippen LogP contribution in [0.1, 0.15) is 0 Å².